The van der Waals surface area contributed by atoms with Crippen LogP contribution in [0.25, 0.3) is 11.4 Å². The largest absolute Gasteiger partial charge is 0.508 e. The van der Waals surface area contributed by atoms with Crippen LogP contribution in [0, 0.1) is 0 Å². The van der Waals surface area contributed by atoms with Crippen molar-refractivity contribution in [3.8, 4) is 28.6 Å². The molecule has 2 aromatic carbocycles. The summed E-state index contributed by atoms with van der Waals surface area (Å²) in [5.41, 5.74) is 1.88. The van der Waals surface area contributed by atoms with Crippen LogP contribution in [0.5, 0.6) is 17.2 Å². The number of pyridine rings is 1. The number of carbonyl (C=O) groups is 1. The molecule has 0 saturated carbocycles. The zero-order valence-corrected chi connectivity index (χ0v) is 16.0. The van der Waals surface area contributed by atoms with Gasteiger partial charge in [0.15, 0.2) is 5.82 Å². The van der Waals surface area contributed by atoms with Gasteiger partial charge in [-0.05, 0) is 54.6 Å². The highest BCUT2D eigenvalue weighted by molar-refractivity contribution is 5.92. The van der Waals surface area contributed by atoms with Gasteiger partial charge >= 0.3 is 0 Å². The molecule has 0 aliphatic rings. The predicted molar refractivity (Wildman–Crippen MR) is 111 cm³/mol. The summed E-state index contributed by atoms with van der Waals surface area (Å²) >= 11 is 0. The molecule has 1 amide bonds. The summed E-state index contributed by atoms with van der Waals surface area (Å²) in [7, 11) is 1.55. The van der Waals surface area contributed by atoms with Gasteiger partial charge in [0.05, 0.1) is 0 Å². The van der Waals surface area contributed by atoms with E-state index in [1.165, 1.54) is 6.20 Å². The summed E-state index contributed by atoms with van der Waals surface area (Å²) in [5.74, 6) is 2.10. The van der Waals surface area contributed by atoms with E-state index in [0.717, 1.165) is 11.3 Å². The molecule has 2 heterocycles. The number of hydrogen-bond donors (Lipinski definition) is 4. The molecule has 0 aliphatic carbocycles. The molecule has 2 aromatic heterocycles. The lowest BCUT2D eigenvalue weighted by Crippen LogP contribution is -2.18. The number of amides is 1. The van der Waals surface area contributed by atoms with Crippen molar-refractivity contribution in [3.63, 3.8) is 0 Å². The molecule has 0 unspecified atom stereocenters. The number of aromatic hydroxyl groups is 1. The van der Waals surface area contributed by atoms with E-state index in [9.17, 15) is 9.90 Å². The fourth-order valence-corrected chi connectivity index (χ4v) is 2.67. The van der Waals surface area contributed by atoms with Crippen LogP contribution in [-0.2, 0) is 0 Å². The van der Waals surface area contributed by atoms with E-state index in [1.807, 2.05) is 12.1 Å². The van der Waals surface area contributed by atoms with Gasteiger partial charge in [0, 0.05) is 30.6 Å². The van der Waals surface area contributed by atoms with Gasteiger partial charge in [-0.3, -0.25) is 9.78 Å². The molecule has 0 saturated heterocycles. The van der Waals surface area contributed by atoms with Gasteiger partial charge in [0.2, 0.25) is 5.95 Å². The normalized spacial score (nSPS) is 10.4. The maximum absolute atomic E-state index is 11.7. The summed E-state index contributed by atoms with van der Waals surface area (Å²) in [6, 6.07) is 17.2. The number of aromatic nitrogens is 4. The van der Waals surface area contributed by atoms with Gasteiger partial charge in [-0.25, -0.2) is 0 Å². The second kappa shape index (κ2) is 8.31. The minimum atomic E-state index is -0.280. The summed E-state index contributed by atoms with van der Waals surface area (Å²) in [5, 5.41) is 23.2. The Labute approximate surface area is 171 Å². The molecule has 0 radical (unpaired) electrons. The lowest BCUT2D eigenvalue weighted by molar-refractivity contribution is 0.0958. The highest BCUT2D eigenvalue weighted by atomic mass is 16.5. The molecular weight excluding hydrogens is 384 g/mol. The maximum atomic E-state index is 11.7. The Morgan fingerprint density at radius 2 is 1.77 bits per heavy atom. The molecular formula is C21H18N6O3. The fourth-order valence-electron chi connectivity index (χ4n) is 2.67. The van der Waals surface area contributed by atoms with E-state index in [-0.39, 0.29) is 17.4 Å². The zero-order chi connectivity index (χ0) is 20.9. The van der Waals surface area contributed by atoms with Crippen molar-refractivity contribution in [2.24, 2.45) is 0 Å². The smallest absolute Gasteiger partial charge is 0.269 e. The molecule has 4 rings (SSSR count). The Balaban J connectivity index is 1.44. The second-order valence-corrected chi connectivity index (χ2v) is 6.28. The lowest BCUT2D eigenvalue weighted by Gasteiger charge is -2.07. The molecule has 4 N–H and O–H groups in total. The van der Waals surface area contributed by atoms with Crippen LogP contribution in [0.4, 0.5) is 11.6 Å². The first-order chi connectivity index (χ1) is 14.6. The highest BCUT2D eigenvalue weighted by Gasteiger charge is 2.09. The molecule has 0 aliphatic heterocycles. The number of benzene rings is 2. The van der Waals surface area contributed by atoms with Crippen molar-refractivity contribution in [2.75, 3.05) is 12.4 Å². The van der Waals surface area contributed by atoms with Crippen molar-refractivity contribution < 1.29 is 14.6 Å². The molecule has 0 spiro atoms. The van der Waals surface area contributed by atoms with Crippen molar-refractivity contribution in [2.45, 2.75) is 0 Å². The van der Waals surface area contributed by atoms with Gasteiger partial charge in [-0.15, -0.1) is 10.2 Å². The Hall–Kier alpha value is -4.40. The first-order valence-corrected chi connectivity index (χ1v) is 9.06. The number of nitrogens with one attached hydrogen (secondary N) is 3. The van der Waals surface area contributed by atoms with Gasteiger partial charge < -0.3 is 25.5 Å². The van der Waals surface area contributed by atoms with Gasteiger partial charge in [0.1, 0.15) is 22.9 Å². The Morgan fingerprint density at radius 3 is 2.50 bits per heavy atom. The van der Waals surface area contributed by atoms with E-state index < -0.39 is 0 Å². The molecule has 9 nitrogen and oxygen atoms in total. The summed E-state index contributed by atoms with van der Waals surface area (Å²) in [6.45, 7) is 0. The molecule has 9 heteroatoms. The van der Waals surface area contributed by atoms with E-state index in [2.05, 4.69) is 30.8 Å². The van der Waals surface area contributed by atoms with Crippen LogP contribution in [0.15, 0.2) is 66.9 Å². The second-order valence-electron chi connectivity index (χ2n) is 6.28. The number of ether oxygens (including phenoxy) is 1. The third-order valence-corrected chi connectivity index (χ3v) is 4.17. The maximum Gasteiger partial charge on any atom is 0.269 e. The number of phenols is 1. The monoisotopic (exact) mass is 402 g/mol. The average Bonchev–Trinajstić information content (AvgIpc) is 3.24. The van der Waals surface area contributed by atoms with Gasteiger partial charge in [0.25, 0.3) is 5.91 Å². The number of nitrogens with zero attached hydrogens (tertiary/aromatic N) is 3. The standard InChI is InChI=1S/C21H18N6O3/c1-22-20(29)18-12-17(10-11-23-18)30-16-8-2-13(3-9-16)19-25-21(27-26-19)24-14-4-6-15(28)7-5-14/h2-12,28H,1H3,(H,22,29)(H2,24,25,26,27). The van der Waals surface area contributed by atoms with E-state index in [0.29, 0.717) is 23.3 Å². The first kappa shape index (κ1) is 18.9. The molecule has 0 fully saturated rings. The number of phenolic OH excluding ortho intramolecular Hbond substituents is 1. The molecule has 4 aromatic rings. The molecule has 0 bridgehead atoms. The zero-order valence-electron chi connectivity index (χ0n) is 16.0. The summed E-state index contributed by atoms with van der Waals surface area (Å²) in [4.78, 5) is 18.8. The number of rotatable bonds is 6. The van der Waals surface area contributed by atoms with Crippen LogP contribution in [0.1, 0.15) is 10.5 Å². The quantitative estimate of drug-likeness (QED) is 0.364. The minimum Gasteiger partial charge on any atom is -0.508 e. The van der Waals surface area contributed by atoms with E-state index in [4.69, 9.17) is 4.74 Å². The van der Waals surface area contributed by atoms with Crippen LogP contribution in [0.2, 0.25) is 0 Å². The van der Waals surface area contributed by atoms with Crippen LogP contribution < -0.4 is 15.4 Å². The minimum absolute atomic E-state index is 0.192. The van der Waals surface area contributed by atoms with Crippen molar-refractivity contribution in [1.29, 1.82) is 0 Å². The summed E-state index contributed by atoms with van der Waals surface area (Å²) < 4.78 is 5.80. The summed E-state index contributed by atoms with van der Waals surface area (Å²) in [6.07, 6.45) is 1.52. The third-order valence-electron chi connectivity index (χ3n) is 4.17. The Morgan fingerprint density at radius 1 is 1.00 bits per heavy atom. The SMILES string of the molecule is CNC(=O)c1cc(Oc2ccc(-c3nnc(Nc4ccc(O)cc4)[nH]3)cc2)ccn1. The topological polar surface area (TPSA) is 125 Å². The van der Waals surface area contributed by atoms with Crippen molar-refractivity contribution >= 4 is 17.5 Å². The number of carbonyl (C=O) groups excluding carboxylic acids is 1. The van der Waals surface area contributed by atoms with Crippen molar-refractivity contribution in [1.82, 2.24) is 25.5 Å². The highest BCUT2D eigenvalue weighted by Crippen LogP contribution is 2.25. The van der Waals surface area contributed by atoms with E-state index in [1.54, 1.807) is 55.6 Å². The predicted octanol–water partition coefficient (Wildman–Crippen LogP) is 3.47. The Kier molecular flexibility index (Phi) is 5.25. The van der Waals surface area contributed by atoms with Crippen LogP contribution in [-0.4, -0.2) is 38.2 Å². The molecule has 30 heavy (non-hydrogen) atoms. The average molecular weight is 402 g/mol. The number of hydrogen-bond acceptors (Lipinski definition) is 7. The molecule has 150 valence electrons. The van der Waals surface area contributed by atoms with E-state index >= 15 is 0 Å². The number of H-pyrrole nitrogens is 1. The van der Waals surface area contributed by atoms with Crippen LogP contribution in [0.3, 0.4) is 0 Å². The first-order valence-electron chi connectivity index (χ1n) is 9.06. The van der Waals surface area contributed by atoms with Crippen LogP contribution >= 0.6 is 0 Å². The van der Waals surface area contributed by atoms with Gasteiger partial charge in [-0.2, -0.15) is 0 Å². The Bertz CT molecular complexity index is 1160. The molecule has 0 atom stereocenters. The van der Waals surface area contributed by atoms with Crippen molar-refractivity contribution in [3.05, 3.63) is 72.6 Å². The van der Waals surface area contributed by atoms with Gasteiger partial charge in [-0.1, -0.05) is 0 Å². The fraction of sp³-hybridized carbons (Fsp3) is 0.0476. The lowest BCUT2D eigenvalue weighted by atomic mass is 10.2. The number of anilines is 2. The number of aromatic amines is 1. The third kappa shape index (κ3) is 4.36.